The zero-order valence-electron chi connectivity index (χ0n) is 6.36. The molecule has 0 fully saturated rings. The Bertz CT molecular complexity index is 323. The molecule has 0 bridgehead atoms. The number of hydrogen-bond donors (Lipinski definition) is 1. The van der Waals surface area contributed by atoms with Gasteiger partial charge in [-0.25, -0.2) is 4.68 Å². The van der Waals surface area contributed by atoms with Crippen LogP contribution in [0.1, 0.15) is 0 Å². The normalized spacial score (nSPS) is 11.5. The summed E-state index contributed by atoms with van der Waals surface area (Å²) < 4.78 is 1.47. The summed E-state index contributed by atoms with van der Waals surface area (Å²) in [5, 5.41) is 3.95. The van der Waals surface area contributed by atoms with Crippen LogP contribution < -0.4 is 11.2 Å². The number of aromatic nitrogens is 2. The summed E-state index contributed by atoms with van der Waals surface area (Å²) in [5.74, 6) is 0.367. The number of nitrogens with zero attached hydrogens (tertiary/aromatic N) is 3. The maximum atomic E-state index is 5.44. The second kappa shape index (κ2) is 3.01. The summed E-state index contributed by atoms with van der Waals surface area (Å²) in [6, 6.07) is 3.60. The SMILES string of the molecule is C=C(N)n1ncccc1=NC. The lowest BCUT2D eigenvalue weighted by Gasteiger charge is -2.01. The molecule has 0 aliphatic carbocycles. The van der Waals surface area contributed by atoms with E-state index in [2.05, 4.69) is 16.7 Å². The van der Waals surface area contributed by atoms with E-state index in [9.17, 15) is 0 Å². The minimum Gasteiger partial charge on any atom is -0.384 e. The van der Waals surface area contributed by atoms with Crippen molar-refractivity contribution < 1.29 is 0 Å². The maximum absolute atomic E-state index is 5.44. The highest BCUT2D eigenvalue weighted by Crippen LogP contribution is 1.81. The minimum absolute atomic E-state index is 0.367. The van der Waals surface area contributed by atoms with Gasteiger partial charge in [0.05, 0.1) is 0 Å². The van der Waals surface area contributed by atoms with Crippen molar-refractivity contribution >= 4 is 5.82 Å². The first-order chi connectivity index (χ1) is 5.25. The highest BCUT2D eigenvalue weighted by molar-refractivity contribution is 5.32. The van der Waals surface area contributed by atoms with Crippen LogP contribution in [0.15, 0.2) is 29.9 Å². The van der Waals surface area contributed by atoms with Gasteiger partial charge in [-0.1, -0.05) is 6.58 Å². The molecule has 0 unspecified atom stereocenters. The fourth-order valence-electron chi connectivity index (χ4n) is 0.755. The molecule has 1 rings (SSSR count). The molecule has 0 aromatic carbocycles. The van der Waals surface area contributed by atoms with Gasteiger partial charge in [-0.3, -0.25) is 4.99 Å². The molecular formula is C7H10N4. The molecule has 4 heteroatoms. The standard InChI is InChI=1S/C7H10N4/c1-6(8)11-7(9-2)4-3-5-10-11/h3-5H,1,8H2,2H3. The molecule has 4 nitrogen and oxygen atoms in total. The average molecular weight is 150 g/mol. The van der Waals surface area contributed by atoms with Crippen molar-refractivity contribution in [2.45, 2.75) is 0 Å². The fourth-order valence-corrected chi connectivity index (χ4v) is 0.755. The zero-order chi connectivity index (χ0) is 8.27. The summed E-state index contributed by atoms with van der Waals surface area (Å²) in [6.07, 6.45) is 1.63. The molecule has 0 atom stereocenters. The minimum atomic E-state index is 0.367. The third-order valence-corrected chi connectivity index (χ3v) is 1.23. The Balaban J connectivity index is 3.36. The van der Waals surface area contributed by atoms with Crippen molar-refractivity contribution in [3.05, 3.63) is 30.4 Å². The van der Waals surface area contributed by atoms with Crippen molar-refractivity contribution in [2.75, 3.05) is 7.05 Å². The Morgan fingerprint density at radius 2 is 2.55 bits per heavy atom. The Hall–Kier alpha value is -1.58. The third-order valence-electron chi connectivity index (χ3n) is 1.23. The third kappa shape index (κ3) is 1.46. The second-order valence-electron chi connectivity index (χ2n) is 2.01. The molecule has 0 spiro atoms. The van der Waals surface area contributed by atoms with Gasteiger partial charge >= 0.3 is 0 Å². The summed E-state index contributed by atoms with van der Waals surface area (Å²) in [5.41, 5.74) is 6.13. The van der Waals surface area contributed by atoms with E-state index >= 15 is 0 Å². The molecular weight excluding hydrogens is 140 g/mol. The summed E-state index contributed by atoms with van der Waals surface area (Å²) in [6.45, 7) is 3.55. The average Bonchev–Trinajstić information content (AvgIpc) is 2.04. The molecule has 1 aromatic rings. The van der Waals surface area contributed by atoms with Crippen LogP contribution in [0, 0.1) is 0 Å². The van der Waals surface area contributed by atoms with E-state index in [1.807, 2.05) is 6.07 Å². The number of nitrogens with two attached hydrogens (primary N) is 1. The van der Waals surface area contributed by atoms with Crippen LogP contribution in [-0.4, -0.2) is 16.8 Å². The van der Waals surface area contributed by atoms with Crippen LogP contribution >= 0.6 is 0 Å². The van der Waals surface area contributed by atoms with Crippen LogP contribution in [0.5, 0.6) is 0 Å². The molecule has 0 radical (unpaired) electrons. The van der Waals surface area contributed by atoms with E-state index in [4.69, 9.17) is 5.73 Å². The lowest BCUT2D eigenvalue weighted by molar-refractivity contribution is 0.791. The zero-order valence-corrected chi connectivity index (χ0v) is 6.36. The molecule has 0 saturated carbocycles. The monoisotopic (exact) mass is 150 g/mol. The molecule has 2 N–H and O–H groups in total. The molecule has 0 aliphatic heterocycles. The van der Waals surface area contributed by atoms with Crippen LogP contribution in [0.2, 0.25) is 0 Å². The van der Waals surface area contributed by atoms with Crippen LogP contribution in [0.4, 0.5) is 0 Å². The van der Waals surface area contributed by atoms with Crippen LogP contribution in [0.25, 0.3) is 5.82 Å². The molecule has 1 heterocycles. The lowest BCUT2D eigenvalue weighted by atomic mass is 10.5. The summed E-state index contributed by atoms with van der Waals surface area (Å²) in [7, 11) is 1.68. The molecule has 1 aromatic heterocycles. The first-order valence-corrected chi connectivity index (χ1v) is 3.17. The molecule has 0 amide bonds. The van der Waals surface area contributed by atoms with Crippen molar-refractivity contribution in [3.8, 4) is 0 Å². The predicted octanol–water partition coefficient (Wildman–Crippen LogP) is -0.200. The van der Waals surface area contributed by atoms with Gasteiger partial charge in [-0.05, 0) is 12.1 Å². The van der Waals surface area contributed by atoms with Gasteiger partial charge < -0.3 is 5.73 Å². The lowest BCUT2D eigenvalue weighted by Crippen LogP contribution is -2.24. The van der Waals surface area contributed by atoms with E-state index in [-0.39, 0.29) is 0 Å². The Labute approximate surface area is 64.7 Å². The number of hydrogen-bond acceptors (Lipinski definition) is 3. The van der Waals surface area contributed by atoms with Crippen molar-refractivity contribution in [1.82, 2.24) is 9.78 Å². The Kier molecular flexibility index (Phi) is 2.06. The highest BCUT2D eigenvalue weighted by atomic mass is 15.3. The molecule has 58 valence electrons. The molecule has 0 saturated heterocycles. The van der Waals surface area contributed by atoms with Crippen molar-refractivity contribution in [1.29, 1.82) is 0 Å². The van der Waals surface area contributed by atoms with Gasteiger partial charge in [0.25, 0.3) is 0 Å². The van der Waals surface area contributed by atoms with E-state index in [0.29, 0.717) is 11.3 Å². The van der Waals surface area contributed by atoms with Crippen molar-refractivity contribution in [2.24, 2.45) is 10.7 Å². The first-order valence-electron chi connectivity index (χ1n) is 3.17. The van der Waals surface area contributed by atoms with E-state index in [1.54, 1.807) is 19.3 Å². The topological polar surface area (TPSA) is 56.2 Å². The largest absolute Gasteiger partial charge is 0.384 e. The highest BCUT2D eigenvalue weighted by Gasteiger charge is 1.90. The molecule has 11 heavy (non-hydrogen) atoms. The van der Waals surface area contributed by atoms with Gasteiger partial charge in [0.15, 0.2) is 5.49 Å². The quantitative estimate of drug-likeness (QED) is 0.602. The smallest absolute Gasteiger partial charge is 0.150 e. The van der Waals surface area contributed by atoms with E-state index in [1.165, 1.54) is 4.68 Å². The van der Waals surface area contributed by atoms with Gasteiger partial charge in [-0.2, -0.15) is 5.10 Å². The second-order valence-corrected chi connectivity index (χ2v) is 2.01. The predicted molar refractivity (Wildman–Crippen MR) is 43.2 cm³/mol. The molecule has 0 aliphatic rings. The number of rotatable bonds is 1. The maximum Gasteiger partial charge on any atom is 0.150 e. The van der Waals surface area contributed by atoms with Gasteiger partial charge in [0.1, 0.15) is 5.82 Å². The van der Waals surface area contributed by atoms with Crippen molar-refractivity contribution in [3.63, 3.8) is 0 Å². The van der Waals surface area contributed by atoms with Crippen LogP contribution in [-0.2, 0) is 0 Å². The summed E-state index contributed by atoms with van der Waals surface area (Å²) in [4.78, 5) is 3.95. The first kappa shape index (κ1) is 7.53. The van der Waals surface area contributed by atoms with Gasteiger partial charge in [0.2, 0.25) is 0 Å². The summed E-state index contributed by atoms with van der Waals surface area (Å²) >= 11 is 0. The fraction of sp³-hybridized carbons (Fsp3) is 0.143. The Morgan fingerprint density at radius 1 is 1.82 bits per heavy atom. The van der Waals surface area contributed by atoms with E-state index < -0.39 is 0 Å². The van der Waals surface area contributed by atoms with Gasteiger partial charge in [0, 0.05) is 13.2 Å². The van der Waals surface area contributed by atoms with Crippen LogP contribution in [0.3, 0.4) is 0 Å². The Morgan fingerprint density at radius 3 is 3.00 bits per heavy atom. The van der Waals surface area contributed by atoms with Gasteiger partial charge in [-0.15, -0.1) is 0 Å². The van der Waals surface area contributed by atoms with E-state index in [0.717, 1.165) is 0 Å².